The number of halogens is 1. The van der Waals surface area contributed by atoms with Crippen LogP contribution in [0.25, 0.3) is 0 Å². The summed E-state index contributed by atoms with van der Waals surface area (Å²) in [6, 6.07) is 7.69. The molecule has 3 heterocycles. The highest BCUT2D eigenvalue weighted by Gasteiger charge is 2.46. The second-order valence-corrected chi connectivity index (χ2v) is 9.84. The Morgan fingerprint density at radius 3 is 2.97 bits per heavy atom. The number of rotatable bonds is 6. The number of aliphatic hydroxyl groups excluding tert-OH is 1. The number of nitrogens with zero attached hydrogens (tertiary/aromatic N) is 1. The molecule has 1 aromatic carbocycles. The lowest BCUT2D eigenvalue weighted by atomic mass is 9.81. The van der Waals surface area contributed by atoms with Gasteiger partial charge >= 0.3 is 0 Å². The van der Waals surface area contributed by atoms with Crippen LogP contribution in [0.3, 0.4) is 0 Å². The van der Waals surface area contributed by atoms with Gasteiger partial charge in [-0.2, -0.15) is 0 Å². The molecule has 3 N–H and O–H groups in total. The number of amides is 1. The predicted molar refractivity (Wildman–Crippen MR) is 119 cm³/mol. The zero-order valence-corrected chi connectivity index (χ0v) is 19.2. The van der Waals surface area contributed by atoms with Crippen molar-refractivity contribution in [3.63, 3.8) is 0 Å². The van der Waals surface area contributed by atoms with Crippen molar-refractivity contribution in [2.75, 3.05) is 26.9 Å². The van der Waals surface area contributed by atoms with Gasteiger partial charge in [0, 0.05) is 41.2 Å². The van der Waals surface area contributed by atoms with Gasteiger partial charge in [-0.25, -0.2) is 0 Å². The fraction of sp³-hybridized carbons (Fsp3) is 0.500. The van der Waals surface area contributed by atoms with E-state index in [0.717, 1.165) is 41.9 Å². The van der Waals surface area contributed by atoms with Crippen LogP contribution < -0.4 is 15.2 Å². The number of benzene rings is 1. The van der Waals surface area contributed by atoms with Crippen LogP contribution in [0.5, 0.6) is 11.5 Å². The number of fused-ring (bicyclic) bond motifs is 2. The standard InChI is InChI=1S/C22H27ClN2O5S/c1-13-9-22(21-16(8-19(23)31-21)17(26)11-30-22)5-6-25(13)10-14-3-4-15(7-18(14)28-2)29-12-20(24)27/h3-4,7-8,13,17,26H,5-6,9-12H2,1-2H3,(H2,24,27)/t13-,17-,22+/m0/s1. The molecule has 0 saturated carbocycles. The molecule has 0 radical (unpaired) electrons. The van der Waals surface area contributed by atoms with Crippen LogP contribution in [0.4, 0.5) is 0 Å². The molecule has 1 aromatic heterocycles. The number of likely N-dealkylation sites (tertiary alicyclic amines) is 1. The molecule has 1 amide bonds. The fourth-order valence-electron chi connectivity index (χ4n) is 4.51. The number of carbonyl (C=O) groups excluding carboxylic acids is 1. The van der Waals surface area contributed by atoms with Gasteiger partial charge in [-0.3, -0.25) is 9.69 Å². The number of hydrogen-bond acceptors (Lipinski definition) is 7. The number of hydrogen-bond donors (Lipinski definition) is 2. The first kappa shape index (κ1) is 22.4. The van der Waals surface area contributed by atoms with Crippen molar-refractivity contribution in [1.82, 2.24) is 4.90 Å². The van der Waals surface area contributed by atoms with Crippen LogP contribution in [0.1, 0.15) is 41.9 Å². The fourth-order valence-corrected chi connectivity index (χ4v) is 5.99. The molecule has 0 bridgehead atoms. The summed E-state index contributed by atoms with van der Waals surface area (Å²) in [6.45, 7) is 3.89. The van der Waals surface area contributed by atoms with Gasteiger partial charge in [0.05, 0.1) is 18.1 Å². The lowest BCUT2D eigenvalue weighted by Gasteiger charge is -2.47. The van der Waals surface area contributed by atoms with Crippen molar-refractivity contribution in [1.29, 1.82) is 0 Å². The maximum Gasteiger partial charge on any atom is 0.255 e. The van der Waals surface area contributed by atoms with Crippen LogP contribution in [0.2, 0.25) is 4.34 Å². The Kier molecular flexibility index (Phi) is 6.46. The normalized spacial score (nSPS) is 25.9. The Morgan fingerprint density at radius 1 is 1.45 bits per heavy atom. The van der Waals surface area contributed by atoms with Crippen molar-refractivity contribution in [3.05, 3.63) is 44.6 Å². The molecule has 7 nitrogen and oxygen atoms in total. The van der Waals surface area contributed by atoms with Crippen molar-refractivity contribution >= 4 is 28.8 Å². The number of ether oxygens (including phenoxy) is 3. The Balaban J connectivity index is 1.48. The van der Waals surface area contributed by atoms with Crippen LogP contribution in [0.15, 0.2) is 24.3 Å². The van der Waals surface area contributed by atoms with Gasteiger partial charge in [0.15, 0.2) is 6.61 Å². The number of carbonyl (C=O) groups is 1. The van der Waals surface area contributed by atoms with E-state index < -0.39 is 17.6 Å². The van der Waals surface area contributed by atoms with Crippen LogP contribution in [-0.4, -0.2) is 48.8 Å². The summed E-state index contributed by atoms with van der Waals surface area (Å²) < 4.78 is 17.9. The van der Waals surface area contributed by atoms with Gasteiger partial charge in [0.1, 0.15) is 23.2 Å². The molecule has 31 heavy (non-hydrogen) atoms. The molecule has 0 aliphatic carbocycles. The van der Waals surface area contributed by atoms with Crippen LogP contribution >= 0.6 is 22.9 Å². The summed E-state index contributed by atoms with van der Waals surface area (Å²) in [5.41, 5.74) is 6.71. The molecular weight excluding hydrogens is 440 g/mol. The van der Waals surface area contributed by atoms with Gasteiger partial charge in [-0.05, 0) is 31.9 Å². The second-order valence-electron chi connectivity index (χ2n) is 8.16. The highest BCUT2D eigenvalue weighted by molar-refractivity contribution is 7.16. The number of piperidine rings is 1. The largest absolute Gasteiger partial charge is 0.496 e. The van der Waals surface area contributed by atoms with Gasteiger partial charge in [-0.15, -0.1) is 11.3 Å². The van der Waals surface area contributed by atoms with E-state index in [1.807, 2.05) is 18.2 Å². The lowest BCUT2D eigenvalue weighted by molar-refractivity contribution is -0.139. The second kappa shape index (κ2) is 8.96. The summed E-state index contributed by atoms with van der Waals surface area (Å²) in [7, 11) is 1.62. The summed E-state index contributed by atoms with van der Waals surface area (Å²) in [5, 5.41) is 10.3. The van der Waals surface area contributed by atoms with Crippen molar-refractivity contribution < 1.29 is 24.1 Å². The molecular formula is C22H27ClN2O5S. The monoisotopic (exact) mass is 466 g/mol. The van der Waals surface area contributed by atoms with E-state index in [4.69, 9.17) is 31.5 Å². The number of primary amides is 1. The lowest BCUT2D eigenvalue weighted by Crippen LogP contribution is -2.50. The smallest absolute Gasteiger partial charge is 0.255 e. The minimum Gasteiger partial charge on any atom is -0.496 e. The van der Waals surface area contributed by atoms with Crippen molar-refractivity contribution in [2.45, 2.75) is 44.1 Å². The van der Waals surface area contributed by atoms with E-state index in [9.17, 15) is 9.90 Å². The van der Waals surface area contributed by atoms with E-state index in [2.05, 4.69) is 11.8 Å². The van der Waals surface area contributed by atoms with Crippen molar-refractivity contribution in [2.24, 2.45) is 5.73 Å². The molecule has 9 heteroatoms. The maximum atomic E-state index is 10.9. The first-order valence-electron chi connectivity index (χ1n) is 10.2. The Hall–Kier alpha value is -1.84. The summed E-state index contributed by atoms with van der Waals surface area (Å²) in [5.74, 6) is 0.729. The summed E-state index contributed by atoms with van der Waals surface area (Å²) >= 11 is 7.78. The SMILES string of the molecule is COc1cc(OCC(N)=O)ccc1CN1CC[C@]2(C[C@@H]1C)OC[C@H](O)c1cc(Cl)sc12. The summed E-state index contributed by atoms with van der Waals surface area (Å²) in [6.07, 6.45) is 1.04. The third-order valence-corrected chi connectivity index (χ3v) is 7.55. The zero-order chi connectivity index (χ0) is 22.2. The number of nitrogens with two attached hydrogens (primary N) is 1. The zero-order valence-electron chi connectivity index (χ0n) is 17.6. The summed E-state index contributed by atoms with van der Waals surface area (Å²) in [4.78, 5) is 14.4. The first-order chi connectivity index (χ1) is 14.8. The van der Waals surface area contributed by atoms with Gasteiger partial charge in [0.25, 0.3) is 5.91 Å². The molecule has 2 aromatic rings. The highest BCUT2D eigenvalue weighted by atomic mass is 35.5. The van der Waals surface area contributed by atoms with E-state index in [0.29, 0.717) is 22.4 Å². The number of thiophene rings is 1. The topological polar surface area (TPSA) is 94.3 Å². The molecule has 1 saturated heterocycles. The van der Waals surface area contributed by atoms with Crippen molar-refractivity contribution in [3.8, 4) is 11.5 Å². The average Bonchev–Trinajstić information content (AvgIpc) is 3.15. The van der Waals surface area contributed by atoms with E-state index in [1.165, 1.54) is 11.3 Å². The number of aliphatic hydroxyl groups is 1. The van der Waals surface area contributed by atoms with E-state index >= 15 is 0 Å². The third-order valence-electron chi connectivity index (χ3n) is 6.09. The van der Waals surface area contributed by atoms with Crippen LogP contribution in [0, 0.1) is 0 Å². The maximum absolute atomic E-state index is 10.9. The molecule has 168 valence electrons. The minimum atomic E-state index is -0.614. The molecule has 3 atom stereocenters. The first-order valence-corrected chi connectivity index (χ1v) is 11.4. The molecule has 1 fully saturated rings. The van der Waals surface area contributed by atoms with Crippen LogP contribution in [-0.2, 0) is 21.7 Å². The Morgan fingerprint density at radius 2 is 2.26 bits per heavy atom. The predicted octanol–water partition coefficient (Wildman–Crippen LogP) is 3.22. The van der Waals surface area contributed by atoms with Gasteiger partial charge in [-0.1, -0.05) is 17.7 Å². The quantitative estimate of drug-likeness (QED) is 0.678. The molecule has 1 spiro atoms. The molecule has 0 unspecified atom stereocenters. The minimum absolute atomic E-state index is 0.169. The third kappa shape index (κ3) is 4.54. The van der Waals surface area contributed by atoms with E-state index in [-0.39, 0.29) is 12.6 Å². The highest BCUT2D eigenvalue weighted by Crippen LogP contribution is 2.50. The Bertz CT molecular complexity index is 967. The van der Waals surface area contributed by atoms with E-state index in [1.54, 1.807) is 13.2 Å². The Labute approximate surface area is 190 Å². The van der Waals surface area contributed by atoms with Gasteiger partial charge in [0.2, 0.25) is 0 Å². The molecule has 2 aliphatic heterocycles. The average molecular weight is 467 g/mol. The van der Waals surface area contributed by atoms with Gasteiger partial charge < -0.3 is 25.1 Å². The molecule has 4 rings (SSSR count). The molecule has 2 aliphatic rings. The number of methoxy groups -OCH3 is 1.